The molecular formula is C34H32N2. The average Bonchev–Trinajstić information content (AvgIpc) is 2.89. The lowest BCUT2D eigenvalue weighted by Crippen LogP contribution is -2.00. The van der Waals surface area contributed by atoms with Crippen molar-refractivity contribution in [3.63, 3.8) is 0 Å². The van der Waals surface area contributed by atoms with Crippen molar-refractivity contribution in [1.29, 1.82) is 0 Å². The highest BCUT2D eigenvalue weighted by Crippen LogP contribution is 2.49. The monoisotopic (exact) mass is 468 g/mol. The zero-order valence-corrected chi connectivity index (χ0v) is 21.4. The number of rotatable bonds is 4. The van der Waals surface area contributed by atoms with Gasteiger partial charge < -0.3 is 11.5 Å². The molecule has 0 heterocycles. The third-order valence-electron chi connectivity index (χ3n) is 7.76. The van der Waals surface area contributed by atoms with Crippen LogP contribution in [0.5, 0.6) is 0 Å². The van der Waals surface area contributed by atoms with Gasteiger partial charge in [0.2, 0.25) is 0 Å². The summed E-state index contributed by atoms with van der Waals surface area (Å²) in [7, 11) is 0. The van der Waals surface area contributed by atoms with Crippen molar-refractivity contribution in [2.45, 2.75) is 39.5 Å². The van der Waals surface area contributed by atoms with Crippen molar-refractivity contribution in [2.75, 3.05) is 11.5 Å². The van der Waals surface area contributed by atoms with Crippen LogP contribution in [-0.4, -0.2) is 0 Å². The molecule has 178 valence electrons. The average molecular weight is 469 g/mol. The first-order valence-electron chi connectivity index (χ1n) is 12.8. The second-order valence-corrected chi connectivity index (χ2v) is 10.6. The minimum atomic E-state index is 0.482. The lowest BCUT2D eigenvalue weighted by Gasteiger charge is -2.22. The molecule has 0 amide bonds. The molecule has 36 heavy (non-hydrogen) atoms. The first-order valence-corrected chi connectivity index (χ1v) is 12.8. The Balaban J connectivity index is 1.76. The molecule has 0 aromatic heterocycles. The Kier molecular flexibility index (Phi) is 5.15. The highest BCUT2D eigenvalue weighted by atomic mass is 14.6. The van der Waals surface area contributed by atoms with E-state index in [1.54, 1.807) is 0 Å². The van der Waals surface area contributed by atoms with Crippen molar-refractivity contribution in [3.8, 4) is 22.3 Å². The van der Waals surface area contributed by atoms with Gasteiger partial charge in [-0.15, -0.1) is 0 Å². The fraction of sp³-hybridized carbons (Fsp3) is 0.176. The summed E-state index contributed by atoms with van der Waals surface area (Å²) in [6.45, 7) is 8.92. The summed E-state index contributed by atoms with van der Waals surface area (Å²) < 4.78 is 0. The Morgan fingerprint density at radius 2 is 0.972 bits per heavy atom. The SMILES string of the molecule is CC(C)c1ccc(-c2c(N)c3ccc4ccc(N)c5ccc(c2-c2ccc(C(C)C)cc2)c3c45)cc1. The standard InChI is InChI=1S/C34H32N2/c1-19(2)21-5-9-23(10-6-21)31-27-17-16-26-29(35)18-14-24-13-15-28(33(27)30(24)26)34(36)32(31)25-11-7-22(8-12-25)20(3)4/h5-20H,35-36H2,1-4H3. The first-order chi connectivity index (χ1) is 17.3. The van der Waals surface area contributed by atoms with Crippen LogP contribution in [0.3, 0.4) is 0 Å². The van der Waals surface area contributed by atoms with E-state index >= 15 is 0 Å². The summed E-state index contributed by atoms with van der Waals surface area (Å²) >= 11 is 0. The van der Waals surface area contributed by atoms with Crippen LogP contribution in [0.25, 0.3) is 54.6 Å². The van der Waals surface area contributed by atoms with Gasteiger partial charge in [0.15, 0.2) is 0 Å². The Morgan fingerprint density at radius 1 is 0.472 bits per heavy atom. The lowest BCUT2D eigenvalue weighted by atomic mass is 9.82. The van der Waals surface area contributed by atoms with E-state index in [2.05, 4.69) is 107 Å². The van der Waals surface area contributed by atoms with Gasteiger partial charge in [-0.05, 0) is 61.9 Å². The third-order valence-corrected chi connectivity index (χ3v) is 7.76. The molecule has 6 aromatic rings. The van der Waals surface area contributed by atoms with Crippen molar-refractivity contribution in [2.24, 2.45) is 0 Å². The molecule has 6 rings (SSSR count). The van der Waals surface area contributed by atoms with Crippen LogP contribution in [0.1, 0.15) is 50.7 Å². The first kappa shape index (κ1) is 22.4. The Bertz CT molecular complexity index is 1720. The maximum absolute atomic E-state index is 7.08. The third kappa shape index (κ3) is 3.32. The quantitative estimate of drug-likeness (QED) is 0.200. The van der Waals surface area contributed by atoms with Crippen LogP contribution in [0, 0.1) is 0 Å². The maximum atomic E-state index is 7.08. The van der Waals surface area contributed by atoms with E-state index in [4.69, 9.17) is 11.5 Å². The van der Waals surface area contributed by atoms with Crippen molar-refractivity contribution < 1.29 is 0 Å². The highest BCUT2D eigenvalue weighted by molar-refractivity contribution is 6.31. The van der Waals surface area contributed by atoms with E-state index < -0.39 is 0 Å². The predicted molar refractivity (Wildman–Crippen MR) is 158 cm³/mol. The minimum Gasteiger partial charge on any atom is -0.398 e. The maximum Gasteiger partial charge on any atom is 0.0480 e. The van der Waals surface area contributed by atoms with Crippen molar-refractivity contribution in [3.05, 3.63) is 96.1 Å². The number of nitrogen functional groups attached to an aromatic ring is 2. The fourth-order valence-corrected chi connectivity index (χ4v) is 5.68. The molecule has 2 heteroatoms. The summed E-state index contributed by atoms with van der Waals surface area (Å²) in [5.74, 6) is 0.965. The summed E-state index contributed by atoms with van der Waals surface area (Å²) in [4.78, 5) is 0. The van der Waals surface area contributed by atoms with Gasteiger partial charge in [0.25, 0.3) is 0 Å². The number of benzene rings is 6. The minimum absolute atomic E-state index is 0.482. The van der Waals surface area contributed by atoms with E-state index in [0.717, 1.165) is 33.3 Å². The zero-order chi connectivity index (χ0) is 25.1. The summed E-state index contributed by atoms with van der Waals surface area (Å²) in [6.07, 6.45) is 0. The molecule has 0 saturated carbocycles. The van der Waals surface area contributed by atoms with Crippen LogP contribution in [-0.2, 0) is 0 Å². The molecule has 0 bridgehead atoms. The van der Waals surface area contributed by atoms with Gasteiger partial charge in [-0.2, -0.15) is 0 Å². The molecule has 0 fully saturated rings. The van der Waals surface area contributed by atoms with Gasteiger partial charge in [0, 0.05) is 33.1 Å². The van der Waals surface area contributed by atoms with Gasteiger partial charge in [0.05, 0.1) is 0 Å². The topological polar surface area (TPSA) is 52.0 Å². The molecule has 0 atom stereocenters. The fourth-order valence-electron chi connectivity index (χ4n) is 5.68. The Morgan fingerprint density at radius 3 is 1.56 bits per heavy atom. The van der Waals surface area contributed by atoms with E-state index in [0.29, 0.717) is 11.8 Å². The normalized spacial score (nSPS) is 12.1. The summed E-state index contributed by atoms with van der Waals surface area (Å²) in [6, 6.07) is 30.8. The molecule has 0 aliphatic rings. The van der Waals surface area contributed by atoms with Crippen LogP contribution < -0.4 is 11.5 Å². The Hall–Kier alpha value is -4.04. The molecule has 0 aliphatic heterocycles. The molecule has 2 nitrogen and oxygen atoms in total. The molecule has 0 saturated heterocycles. The number of hydrogen-bond acceptors (Lipinski definition) is 2. The predicted octanol–water partition coefficient (Wildman–Crippen LogP) is 9.33. The second kappa shape index (κ2) is 8.27. The molecule has 0 unspecified atom stereocenters. The van der Waals surface area contributed by atoms with Gasteiger partial charge in [-0.3, -0.25) is 0 Å². The summed E-state index contributed by atoms with van der Waals surface area (Å²) in [5.41, 5.74) is 22.4. The van der Waals surface area contributed by atoms with Crippen LogP contribution in [0.4, 0.5) is 11.4 Å². The molecule has 0 radical (unpaired) electrons. The molecule has 4 N–H and O–H groups in total. The Labute approximate surface area is 212 Å². The second-order valence-electron chi connectivity index (χ2n) is 10.6. The molecular weight excluding hydrogens is 436 g/mol. The molecule has 0 spiro atoms. The van der Waals surface area contributed by atoms with E-state index in [1.807, 2.05) is 6.07 Å². The summed E-state index contributed by atoms with van der Waals surface area (Å²) in [5, 5.41) is 6.95. The van der Waals surface area contributed by atoms with Crippen LogP contribution in [0.2, 0.25) is 0 Å². The van der Waals surface area contributed by atoms with Gasteiger partial charge in [0.1, 0.15) is 0 Å². The number of anilines is 2. The number of nitrogens with two attached hydrogens (primary N) is 2. The zero-order valence-electron chi connectivity index (χ0n) is 21.4. The molecule has 0 aliphatic carbocycles. The van der Waals surface area contributed by atoms with E-state index in [9.17, 15) is 0 Å². The highest BCUT2D eigenvalue weighted by Gasteiger charge is 2.21. The largest absolute Gasteiger partial charge is 0.398 e. The van der Waals surface area contributed by atoms with E-state index in [-0.39, 0.29) is 0 Å². The van der Waals surface area contributed by atoms with Crippen molar-refractivity contribution in [1.82, 2.24) is 0 Å². The van der Waals surface area contributed by atoms with Crippen LogP contribution >= 0.6 is 0 Å². The van der Waals surface area contributed by atoms with Gasteiger partial charge >= 0.3 is 0 Å². The van der Waals surface area contributed by atoms with Gasteiger partial charge in [-0.1, -0.05) is 107 Å². The number of hydrogen-bond donors (Lipinski definition) is 2. The van der Waals surface area contributed by atoms with E-state index in [1.165, 1.54) is 43.8 Å². The molecule has 6 aromatic carbocycles. The van der Waals surface area contributed by atoms with Crippen molar-refractivity contribution >= 4 is 43.7 Å². The lowest BCUT2D eigenvalue weighted by molar-refractivity contribution is 0.867. The van der Waals surface area contributed by atoms with Crippen LogP contribution in [0.15, 0.2) is 84.9 Å². The van der Waals surface area contributed by atoms with Gasteiger partial charge in [-0.25, -0.2) is 0 Å². The smallest absolute Gasteiger partial charge is 0.0480 e.